The number of benzene rings is 1. The largest absolute Gasteiger partial charge is 0.0843 e. The molecule has 2 unspecified atom stereocenters. The van der Waals surface area contributed by atoms with Gasteiger partial charge in [-0.15, -0.1) is 0 Å². The predicted octanol–water partition coefficient (Wildman–Crippen LogP) is 3.46. The quantitative estimate of drug-likeness (QED) is 0.600. The van der Waals surface area contributed by atoms with Crippen molar-refractivity contribution < 1.29 is 0 Å². The van der Waals surface area contributed by atoms with Gasteiger partial charge in [0.15, 0.2) is 0 Å². The van der Waals surface area contributed by atoms with Crippen LogP contribution in [0.25, 0.3) is 0 Å². The topological polar surface area (TPSA) is 0 Å². The summed E-state index contributed by atoms with van der Waals surface area (Å²) in [6, 6.07) is 8.22. The zero-order valence-corrected chi connectivity index (χ0v) is 7.31. The first-order chi connectivity index (χ1) is 5.27. The predicted molar refractivity (Wildman–Crippen MR) is 48.0 cm³/mol. The average molecular weight is 167 g/mol. The SMILES string of the molecule is CC1CC1c1ccc(Cl)cc1. The highest BCUT2D eigenvalue weighted by Crippen LogP contribution is 2.46. The third kappa shape index (κ3) is 1.41. The van der Waals surface area contributed by atoms with E-state index in [2.05, 4.69) is 19.1 Å². The molecule has 2 rings (SSSR count). The summed E-state index contributed by atoms with van der Waals surface area (Å²) in [6.45, 7) is 2.29. The lowest BCUT2D eigenvalue weighted by Gasteiger charge is -1.96. The molecule has 1 aromatic rings. The molecule has 1 aliphatic rings. The van der Waals surface area contributed by atoms with Crippen LogP contribution in [0, 0.1) is 5.92 Å². The second-order valence-corrected chi connectivity index (χ2v) is 3.81. The van der Waals surface area contributed by atoms with E-state index in [1.54, 1.807) is 0 Å². The van der Waals surface area contributed by atoms with Crippen molar-refractivity contribution in [2.45, 2.75) is 19.3 Å². The number of hydrogen-bond acceptors (Lipinski definition) is 0. The fourth-order valence-electron chi connectivity index (χ4n) is 1.50. The van der Waals surface area contributed by atoms with Gasteiger partial charge < -0.3 is 0 Å². The second-order valence-electron chi connectivity index (χ2n) is 3.37. The molecule has 1 aliphatic carbocycles. The van der Waals surface area contributed by atoms with E-state index in [0.29, 0.717) is 0 Å². The summed E-state index contributed by atoms with van der Waals surface area (Å²) in [7, 11) is 0. The maximum Gasteiger partial charge on any atom is 0.0406 e. The summed E-state index contributed by atoms with van der Waals surface area (Å²) in [5.74, 6) is 1.70. The van der Waals surface area contributed by atoms with Gasteiger partial charge in [0.05, 0.1) is 0 Å². The third-order valence-electron chi connectivity index (χ3n) is 2.41. The van der Waals surface area contributed by atoms with E-state index in [-0.39, 0.29) is 0 Å². The smallest absolute Gasteiger partial charge is 0.0406 e. The zero-order valence-electron chi connectivity index (χ0n) is 6.55. The molecule has 0 aliphatic heterocycles. The fraction of sp³-hybridized carbons (Fsp3) is 0.400. The van der Waals surface area contributed by atoms with Crippen LogP contribution in [-0.4, -0.2) is 0 Å². The van der Waals surface area contributed by atoms with Crippen molar-refractivity contribution in [1.29, 1.82) is 0 Å². The Kier molecular flexibility index (Phi) is 1.65. The van der Waals surface area contributed by atoms with E-state index in [1.165, 1.54) is 12.0 Å². The molecule has 11 heavy (non-hydrogen) atoms. The van der Waals surface area contributed by atoms with Gasteiger partial charge in [-0.1, -0.05) is 30.7 Å². The van der Waals surface area contributed by atoms with Gasteiger partial charge >= 0.3 is 0 Å². The number of hydrogen-bond donors (Lipinski definition) is 0. The van der Waals surface area contributed by atoms with Gasteiger partial charge in [-0.2, -0.15) is 0 Å². The van der Waals surface area contributed by atoms with E-state index in [9.17, 15) is 0 Å². The van der Waals surface area contributed by atoms with E-state index in [1.807, 2.05) is 12.1 Å². The first-order valence-electron chi connectivity index (χ1n) is 4.03. The van der Waals surface area contributed by atoms with Crippen LogP contribution >= 0.6 is 11.6 Å². The van der Waals surface area contributed by atoms with E-state index in [4.69, 9.17) is 11.6 Å². The molecule has 1 saturated carbocycles. The van der Waals surface area contributed by atoms with Crippen LogP contribution in [0.1, 0.15) is 24.8 Å². The normalized spacial score (nSPS) is 28.5. The van der Waals surface area contributed by atoms with Crippen molar-refractivity contribution in [2.75, 3.05) is 0 Å². The molecular formula is C10H11Cl. The van der Waals surface area contributed by atoms with E-state index < -0.39 is 0 Å². The molecule has 2 atom stereocenters. The molecule has 0 spiro atoms. The van der Waals surface area contributed by atoms with E-state index >= 15 is 0 Å². The van der Waals surface area contributed by atoms with Crippen molar-refractivity contribution in [3.05, 3.63) is 34.9 Å². The van der Waals surface area contributed by atoms with Gasteiger partial charge in [-0.05, 0) is 36.0 Å². The lowest BCUT2D eigenvalue weighted by atomic mass is 10.1. The van der Waals surface area contributed by atoms with Crippen LogP contribution in [-0.2, 0) is 0 Å². The lowest BCUT2D eigenvalue weighted by molar-refractivity contribution is 0.915. The molecule has 0 amide bonds. The minimum absolute atomic E-state index is 0.812. The van der Waals surface area contributed by atoms with Crippen molar-refractivity contribution in [2.24, 2.45) is 5.92 Å². The second kappa shape index (κ2) is 2.53. The molecule has 0 bridgehead atoms. The Bertz CT molecular complexity index is 250. The highest BCUT2D eigenvalue weighted by Gasteiger charge is 2.33. The zero-order chi connectivity index (χ0) is 7.84. The molecule has 1 fully saturated rings. The Labute approximate surface area is 72.2 Å². The Morgan fingerprint density at radius 3 is 2.27 bits per heavy atom. The maximum atomic E-state index is 5.77. The summed E-state index contributed by atoms with van der Waals surface area (Å²) >= 11 is 5.77. The molecule has 0 aromatic heterocycles. The minimum atomic E-state index is 0.812. The van der Waals surface area contributed by atoms with Crippen molar-refractivity contribution >= 4 is 11.6 Å². The molecule has 1 aromatic carbocycles. The van der Waals surface area contributed by atoms with E-state index in [0.717, 1.165) is 16.9 Å². The molecule has 0 heterocycles. The van der Waals surface area contributed by atoms with Crippen LogP contribution in [0.3, 0.4) is 0 Å². The summed E-state index contributed by atoms with van der Waals surface area (Å²) < 4.78 is 0. The maximum absolute atomic E-state index is 5.77. The summed E-state index contributed by atoms with van der Waals surface area (Å²) in [5.41, 5.74) is 1.45. The van der Waals surface area contributed by atoms with Gasteiger partial charge in [0, 0.05) is 5.02 Å². The summed E-state index contributed by atoms with van der Waals surface area (Å²) in [4.78, 5) is 0. The Morgan fingerprint density at radius 1 is 1.27 bits per heavy atom. The van der Waals surface area contributed by atoms with Crippen LogP contribution in [0.5, 0.6) is 0 Å². The van der Waals surface area contributed by atoms with Gasteiger partial charge in [0.1, 0.15) is 0 Å². The average Bonchev–Trinajstić information content (AvgIpc) is 2.69. The summed E-state index contributed by atoms with van der Waals surface area (Å²) in [5, 5.41) is 0.835. The molecule has 0 radical (unpaired) electrons. The standard InChI is InChI=1S/C10H11Cl/c1-7-6-10(7)8-2-4-9(11)5-3-8/h2-5,7,10H,6H2,1H3. The van der Waals surface area contributed by atoms with Crippen LogP contribution in [0.2, 0.25) is 5.02 Å². The molecule has 0 nitrogen and oxygen atoms in total. The fourth-order valence-corrected chi connectivity index (χ4v) is 1.62. The van der Waals surface area contributed by atoms with Crippen molar-refractivity contribution in [1.82, 2.24) is 0 Å². The van der Waals surface area contributed by atoms with Gasteiger partial charge in [0.25, 0.3) is 0 Å². The highest BCUT2D eigenvalue weighted by molar-refractivity contribution is 6.30. The van der Waals surface area contributed by atoms with Gasteiger partial charge in [0.2, 0.25) is 0 Å². The van der Waals surface area contributed by atoms with Crippen LogP contribution < -0.4 is 0 Å². The van der Waals surface area contributed by atoms with Crippen molar-refractivity contribution in [3.63, 3.8) is 0 Å². The third-order valence-corrected chi connectivity index (χ3v) is 2.66. The first kappa shape index (κ1) is 7.17. The van der Waals surface area contributed by atoms with Gasteiger partial charge in [-0.3, -0.25) is 0 Å². The molecule has 1 heteroatoms. The van der Waals surface area contributed by atoms with Crippen LogP contribution in [0.15, 0.2) is 24.3 Å². The Hall–Kier alpha value is -0.490. The number of halogens is 1. The molecule has 0 N–H and O–H groups in total. The van der Waals surface area contributed by atoms with Crippen LogP contribution in [0.4, 0.5) is 0 Å². The monoisotopic (exact) mass is 166 g/mol. The van der Waals surface area contributed by atoms with Crippen molar-refractivity contribution in [3.8, 4) is 0 Å². The Morgan fingerprint density at radius 2 is 1.82 bits per heavy atom. The summed E-state index contributed by atoms with van der Waals surface area (Å²) in [6.07, 6.45) is 1.35. The molecule has 0 saturated heterocycles. The molecule has 58 valence electrons. The first-order valence-corrected chi connectivity index (χ1v) is 4.40. The van der Waals surface area contributed by atoms with Gasteiger partial charge in [-0.25, -0.2) is 0 Å². The molecular weight excluding hydrogens is 156 g/mol. The minimum Gasteiger partial charge on any atom is -0.0843 e. The lowest BCUT2D eigenvalue weighted by Crippen LogP contribution is -1.78. The highest BCUT2D eigenvalue weighted by atomic mass is 35.5. The number of rotatable bonds is 1. The Balaban J connectivity index is 2.21.